The fraction of sp³-hybridized carbons (Fsp3) is 0.766. The van der Waals surface area contributed by atoms with Crippen molar-refractivity contribution < 1.29 is 49.0 Å². The van der Waals surface area contributed by atoms with Crippen molar-refractivity contribution in [3.05, 3.63) is 47.6 Å². The van der Waals surface area contributed by atoms with Gasteiger partial charge in [0.15, 0.2) is 5.79 Å². The molecule has 2 bridgehead atoms. The number of rotatable bonds is 4. The van der Waals surface area contributed by atoms with Crippen LogP contribution in [0.4, 0.5) is 0 Å². The van der Waals surface area contributed by atoms with Gasteiger partial charge in [-0.05, 0) is 113 Å². The Morgan fingerprint density at radius 2 is 1.66 bits per heavy atom. The Kier molecular flexibility index (Phi) is 18.9. The van der Waals surface area contributed by atoms with Crippen LogP contribution in [0.15, 0.2) is 47.6 Å². The standard InChI is InChI=1S/C47H75NO10/c1-30-13-9-8-10-14-33(4)44(56-7)27-37-21-19-35(6)47(55,58-37)29-45(53)48-24-12-11-15-38(48)46(54)57-43(34(5)25-36-20-22-39(49)42(52)26-36)23-18-32(3)41(51)28-40(50)31(2)17-16-30/h8-10,13-14,18,30-31,34-39,41-44,49,51-52,55H,11-12,15-17,19-29H2,1-7H3/b10-8+,13-9+,32-18+,33-14+/t30-,31-,34-,35-,36+,37+,38+,39-,41+,42-,43?,44+,47+/m1/s1. The van der Waals surface area contributed by atoms with Crippen LogP contribution in [-0.4, -0.2) is 105 Å². The number of hydrogen-bond donors (Lipinski definition) is 4. The van der Waals surface area contributed by atoms with Gasteiger partial charge < -0.3 is 39.5 Å². The summed E-state index contributed by atoms with van der Waals surface area (Å²) in [6, 6.07) is -0.821. The molecule has 1 amide bonds. The molecule has 3 heterocycles. The van der Waals surface area contributed by atoms with Crippen LogP contribution < -0.4 is 0 Å². The van der Waals surface area contributed by atoms with E-state index in [-0.39, 0.29) is 66.3 Å². The van der Waals surface area contributed by atoms with E-state index in [2.05, 4.69) is 13.0 Å². The largest absolute Gasteiger partial charge is 0.460 e. The van der Waals surface area contributed by atoms with E-state index in [0.717, 1.165) is 37.7 Å². The lowest BCUT2D eigenvalue weighted by Crippen LogP contribution is -2.54. The summed E-state index contributed by atoms with van der Waals surface area (Å²) in [5, 5.41) is 43.6. The van der Waals surface area contributed by atoms with Gasteiger partial charge in [-0.2, -0.15) is 0 Å². The summed E-state index contributed by atoms with van der Waals surface area (Å²) >= 11 is 0. The Bertz CT molecular complexity index is 1470. The molecule has 4 rings (SSSR count). The molecule has 4 aliphatic rings. The van der Waals surface area contributed by atoms with Crippen molar-refractivity contribution >= 4 is 17.7 Å². The van der Waals surface area contributed by atoms with Crippen molar-refractivity contribution in [3.8, 4) is 0 Å². The second-order valence-electron chi connectivity index (χ2n) is 18.3. The Morgan fingerprint density at radius 1 is 0.897 bits per heavy atom. The van der Waals surface area contributed by atoms with Gasteiger partial charge in [0.1, 0.15) is 17.9 Å². The minimum Gasteiger partial charge on any atom is -0.460 e. The Hall–Kier alpha value is -2.67. The highest BCUT2D eigenvalue weighted by atomic mass is 16.6. The molecule has 0 spiro atoms. The number of Topliss-reactive ketones (excluding diaryl/α,β-unsaturated/α-hetero) is 1. The van der Waals surface area contributed by atoms with Crippen LogP contribution >= 0.6 is 0 Å². The van der Waals surface area contributed by atoms with Crippen molar-refractivity contribution in [2.24, 2.45) is 29.6 Å². The topological polar surface area (TPSA) is 163 Å². The molecular formula is C47H75NO10. The average molecular weight is 814 g/mol. The summed E-state index contributed by atoms with van der Waals surface area (Å²) in [5.41, 5.74) is 1.64. The lowest BCUT2D eigenvalue weighted by atomic mass is 9.79. The monoisotopic (exact) mass is 814 g/mol. The highest BCUT2D eigenvalue weighted by Gasteiger charge is 2.46. The van der Waals surface area contributed by atoms with E-state index in [1.807, 2.05) is 58.1 Å². The lowest BCUT2D eigenvalue weighted by Gasteiger charge is -2.44. The number of allylic oxidation sites excluding steroid dienone is 5. The van der Waals surface area contributed by atoms with Gasteiger partial charge in [0.2, 0.25) is 5.91 Å². The minimum absolute atomic E-state index is 0.00147. The molecule has 0 aromatic carbocycles. The highest BCUT2D eigenvalue weighted by molar-refractivity contribution is 5.85. The molecule has 11 heteroatoms. The molecule has 328 valence electrons. The Labute approximate surface area is 348 Å². The molecular weight excluding hydrogens is 739 g/mol. The van der Waals surface area contributed by atoms with E-state index >= 15 is 0 Å². The van der Waals surface area contributed by atoms with E-state index in [9.17, 15) is 34.8 Å². The zero-order chi connectivity index (χ0) is 42.6. The molecule has 3 aliphatic heterocycles. The van der Waals surface area contributed by atoms with Crippen LogP contribution in [0.25, 0.3) is 0 Å². The number of cyclic esters (lactones) is 1. The number of amides is 1. The zero-order valence-electron chi connectivity index (χ0n) is 36.4. The van der Waals surface area contributed by atoms with E-state index in [4.69, 9.17) is 14.2 Å². The summed E-state index contributed by atoms with van der Waals surface area (Å²) in [4.78, 5) is 43.1. The van der Waals surface area contributed by atoms with Crippen molar-refractivity contribution in [2.45, 2.75) is 186 Å². The molecule has 2 saturated heterocycles. The average Bonchev–Trinajstić information content (AvgIpc) is 3.19. The molecule has 4 N–H and O–H groups in total. The number of carbonyl (C=O) groups excluding carboxylic acids is 3. The minimum atomic E-state index is -1.71. The van der Waals surface area contributed by atoms with Gasteiger partial charge in [0.05, 0.1) is 36.9 Å². The normalized spacial score (nSPS) is 41.0. The number of hydrogen-bond acceptors (Lipinski definition) is 10. The summed E-state index contributed by atoms with van der Waals surface area (Å²) in [6.07, 6.45) is 16.0. The smallest absolute Gasteiger partial charge is 0.329 e. The van der Waals surface area contributed by atoms with E-state index < -0.39 is 42.2 Å². The van der Waals surface area contributed by atoms with E-state index in [0.29, 0.717) is 63.5 Å². The van der Waals surface area contributed by atoms with Crippen LogP contribution in [0.5, 0.6) is 0 Å². The fourth-order valence-electron chi connectivity index (χ4n) is 9.13. The van der Waals surface area contributed by atoms with Gasteiger partial charge >= 0.3 is 5.97 Å². The quantitative estimate of drug-likeness (QED) is 0.173. The van der Waals surface area contributed by atoms with Crippen LogP contribution in [0.3, 0.4) is 0 Å². The zero-order valence-corrected chi connectivity index (χ0v) is 36.4. The number of ether oxygens (including phenoxy) is 3. The number of methoxy groups -OCH3 is 1. The predicted molar refractivity (Wildman–Crippen MR) is 224 cm³/mol. The first-order chi connectivity index (χ1) is 27.5. The third kappa shape index (κ3) is 13.9. The first-order valence-electron chi connectivity index (χ1n) is 22.2. The summed E-state index contributed by atoms with van der Waals surface area (Å²) in [5.74, 6) is -2.80. The third-order valence-corrected chi connectivity index (χ3v) is 13.5. The third-order valence-electron chi connectivity index (χ3n) is 13.5. The molecule has 1 unspecified atom stereocenters. The molecule has 11 nitrogen and oxygen atoms in total. The second-order valence-corrected chi connectivity index (χ2v) is 18.3. The summed E-state index contributed by atoms with van der Waals surface area (Å²) < 4.78 is 18.6. The van der Waals surface area contributed by atoms with Crippen molar-refractivity contribution in [1.82, 2.24) is 4.90 Å². The first-order valence-corrected chi connectivity index (χ1v) is 22.2. The lowest BCUT2D eigenvalue weighted by molar-refractivity contribution is -0.284. The number of esters is 1. The number of aliphatic hydroxyl groups excluding tert-OH is 3. The molecule has 0 aromatic rings. The number of nitrogens with zero attached hydrogens (tertiary/aromatic N) is 1. The van der Waals surface area contributed by atoms with Crippen molar-refractivity contribution in [3.63, 3.8) is 0 Å². The van der Waals surface area contributed by atoms with Gasteiger partial charge in [-0.25, -0.2) is 4.79 Å². The van der Waals surface area contributed by atoms with Crippen LogP contribution in [0.2, 0.25) is 0 Å². The van der Waals surface area contributed by atoms with Crippen LogP contribution in [0, 0.1) is 29.6 Å². The van der Waals surface area contributed by atoms with E-state index in [1.165, 1.54) is 0 Å². The Balaban J connectivity index is 1.61. The molecule has 1 saturated carbocycles. The second kappa shape index (κ2) is 22.8. The predicted octanol–water partition coefficient (Wildman–Crippen LogP) is 6.91. The van der Waals surface area contributed by atoms with Gasteiger partial charge in [-0.1, -0.05) is 64.2 Å². The number of piperidine rings is 1. The van der Waals surface area contributed by atoms with Gasteiger partial charge in [0.25, 0.3) is 0 Å². The molecule has 1 aliphatic carbocycles. The van der Waals surface area contributed by atoms with Gasteiger partial charge in [-0.15, -0.1) is 0 Å². The first kappa shape index (κ1) is 48.0. The molecule has 0 aromatic heterocycles. The number of aliphatic hydroxyl groups is 4. The number of ketones is 1. The van der Waals surface area contributed by atoms with Gasteiger partial charge in [0, 0.05) is 44.8 Å². The summed E-state index contributed by atoms with van der Waals surface area (Å²) in [6.45, 7) is 12.1. The van der Waals surface area contributed by atoms with E-state index in [1.54, 1.807) is 18.9 Å². The van der Waals surface area contributed by atoms with Crippen LogP contribution in [0.1, 0.15) is 138 Å². The molecule has 0 radical (unpaired) electrons. The molecule has 3 fully saturated rings. The molecule has 13 atom stereocenters. The fourth-order valence-corrected chi connectivity index (χ4v) is 9.13. The van der Waals surface area contributed by atoms with Crippen molar-refractivity contribution in [1.29, 1.82) is 0 Å². The molecule has 58 heavy (non-hydrogen) atoms. The highest BCUT2D eigenvalue weighted by Crippen LogP contribution is 2.38. The maximum Gasteiger partial charge on any atom is 0.329 e. The van der Waals surface area contributed by atoms with Gasteiger partial charge in [-0.3, -0.25) is 9.59 Å². The maximum atomic E-state index is 14.2. The maximum absolute atomic E-state index is 14.2. The summed E-state index contributed by atoms with van der Waals surface area (Å²) in [7, 11) is 1.66. The number of carbonyl (C=O) groups is 3. The SMILES string of the molecule is CO[C@H]1C[C@@H]2CC[C@@H](C)[C@](O)(CC(=O)N3CCCC[C@H]3C(=O)OC([C@H](C)C[C@@H]3CC[C@@H](O)[C@H](O)C3)C/C=C(\C)[C@@H](O)CC(=O)[C@H](C)CC[C@H](C)/C=C/C=C/C=C/1C)O2. The van der Waals surface area contributed by atoms with Crippen molar-refractivity contribution in [2.75, 3.05) is 13.7 Å². The Morgan fingerprint density at radius 3 is 2.38 bits per heavy atom. The number of fused-ring (bicyclic) bond motifs is 3. The van der Waals surface area contributed by atoms with Crippen LogP contribution in [-0.2, 0) is 28.6 Å².